The molecule has 0 heterocycles. The van der Waals surface area contributed by atoms with Crippen LogP contribution in [0.5, 0.6) is 0 Å². The number of aryl methyl sites for hydroxylation is 6. The molecule has 3 saturated carbocycles. The van der Waals surface area contributed by atoms with Crippen LogP contribution in [0.3, 0.4) is 0 Å². The van der Waals surface area contributed by atoms with Crippen LogP contribution in [0.2, 0.25) is 0 Å². The van der Waals surface area contributed by atoms with Gasteiger partial charge in [-0.3, -0.25) is 19.2 Å². The van der Waals surface area contributed by atoms with Crippen LogP contribution in [0.15, 0.2) is 134 Å². The number of Topliss-reactive ketones (excluding diaryl/α,β-unsaturated/α-hetero) is 3. The number of hydrogen-bond donors (Lipinski definition) is 2. The molecule has 0 unspecified atom stereocenters. The predicted molar refractivity (Wildman–Crippen MR) is 391 cm³/mol. The standard InChI is InChI=1S/C13H17NO2.C11H15N.2C11H14O.C10H20.C10H14.2C9H18/c1-3-11-4-6-12(7-5-11)8-13(16)14-9-10(2)15;2*1-3-10-4-6-11(7-5-10)8-9(2)12;1-3-10-5-4-6-11(8-10)7-9(2)12;2*1-3-9-5-7-10(4-2)8-6-9;2*1-3-9-6-4-8(2)5-7-9/h4-7H,3,8-9H2,1-2H3,(H,14,16);4-7H,2-3,8,12H2,1H3;4-7H,3,8H2,1-2H3;4-6,8H,3,7H2,1-2H3;9-10H,3-8H2,1-2H3;5-8H,3-4H2,1-2H3;2*8-9H,3-7H2,1-2H3. The van der Waals surface area contributed by atoms with Gasteiger partial charge in [-0.25, -0.2) is 0 Å². The van der Waals surface area contributed by atoms with E-state index in [1.54, 1.807) is 13.8 Å². The number of carbonyl (C=O) groups excluding carboxylic acids is 4. The summed E-state index contributed by atoms with van der Waals surface area (Å²) in [5.74, 6) is 6.63. The summed E-state index contributed by atoms with van der Waals surface area (Å²) in [6.07, 6.45) is 32.3. The molecule has 0 bridgehead atoms. The average molecular weight is 1230 g/mol. The lowest BCUT2D eigenvalue weighted by Gasteiger charge is -2.26. The molecule has 1 amide bonds. The first-order chi connectivity index (χ1) is 43.2. The zero-order chi connectivity index (χ0) is 67.1. The van der Waals surface area contributed by atoms with E-state index in [0.717, 1.165) is 103 Å². The summed E-state index contributed by atoms with van der Waals surface area (Å²) in [7, 11) is 0. The third kappa shape index (κ3) is 40.8. The van der Waals surface area contributed by atoms with Crippen LogP contribution in [0.25, 0.3) is 0 Å². The van der Waals surface area contributed by atoms with E-state index in [1.807, 2.05) is 48.5 Å². The Morgan fingerprint density at radius 3 is 0.878 bits per heavy atom. The molecule has 3 fully saturated rings. The number of hydrogen-bond acceptors (Lipinski definition) is 5. The monoisotopic (exact) mass is 1230 g/mol. The first-order valence-corrected chi connectivity index (χ1v) is 35.7. The van der Waals surface area contributed by atoms with Crippen molar-refractivity contribution < 1.29 is 19.2 Å². The van der Waals surface area contributed by atoms with Gasteiger partial charge in [0.25, 0.3) is 0 Å². The minimum absolute atomic E-state index is 0.0327. The lowest BCUT2D eigenvalue weighted by Crippen LogP contribution is -2.29. The molecular weight excluding hydrogens is 1100 g/mol. The summed E-state index contributed by atoms with van der Waals surface area (Å²) >= 11 is 0. The molecule has 3 aliphatic carbocycles. The van der Waals surface area contributed by atoms with Crippen molar-refractivity contribution in [3.05, 3.63) is 189 Å². The number of allylic oxidation sites excluding steroid dienone is 1. The van der Waals surface area contributed by atoms with Crippen molar-refractivity contribution in [3.63, 3.8) is 0 Å². The maximum atomic E-state index is 11.4. The molecule has 6 nitrogen and oxygen atoms in total. The van der Waals surface area contributed by atoms with Gasteiger partial charge in [0.05, 0.1) is 13.0 Å². The Balaban J connectivity index is 0.000000517. The van der Waals surface area contributed by atoms with Gasteiger partial charge < -0.3 is 11.1 Å². The second-order valence-electron chi connectivity index (χ2n) is 26.2. The number of ketones is 3. The molecule has 5 aromatic rings. The maximum absolute atomic E-state index is 11.4. The summed E-state index contributed by atoms with van der Waals surface area (Å²) in [5, 5.41) is 2.57. The minimum atomic E-state index is -0.112. The molecule has 500 valence electrons. The van der Waals surface area contributed by atoms with Gasteiger partial charge in [-0.2, -0.15) is 0 Å². The first-order valence-electron chi connectivity index (χ1n) is 35.7. The third-order valence-electron chi connectivity index (χ3n) is 18.3. The van der Waals surface area contributed by atoms with Crippen molar-refractivity contribution in [1.29, 1.82) is 0 Å². The van der Waals surface area contributed by atoms with Crippen LogP contribution in [0, 0.1) is 35.5 Å². The Bertz CT molecular complexity index is 2510. The number of nitrogens with two attached hydrogens (primary N) is 1. The Kier molecular flexibility index (Phi) is 46.3. The largest absolute Gasteiger partial charge is 0.402 e. The van der Waals surface area contributed by atoms with Crippen LogP contribution in [-0.4, -0.2) is 29.8 Å². The SMILES string of the molecule is C=C(N)Cc1ccc(CC)cc1.CCC1CCC(C)CC1.CCC1CCC(C)CC1.CCC1CCC(CC)CC1.CCc1ccc(CC(=O)NCC(C)=O)cc1.CCc1ccc(CC(C)=O)cc1.CCc1ccc(CC)cc1.CCc1cccc(CC(C)=O)c1. The van der Waals surface area contributed by atoms with Crippen molar-refractivity contribution in [2.75, 3.05) is 6.54 Å². The maximum Gasteiger partial charge on any atom is 0.224 e. The smallest absolute Gasteiger partial charge is 0.224 e. The Labute approximate surface area is 552 Å². The average Bonchev–Trinajstić information content (AvgIpc) is 3.62. The number of benzene rings is 5. The van der Waals surface area contributed by atoms with Gasteiger partial charge in [-0.05, 0) is 150 Å². The van der Waals surface area contributed by atoms with Crippen LogP contribution < -0.4 is 11.1 Å². The van der Waals surface area contributed by atoms with Gasteiger partial charge in [0.1, 0.15) is 17.3 Å². The molecule has 5 aromatic carbocycles. The van der Waals surface area contributed by atoms with Crippen molar-refractivity contribution >= 4 is 23.3 Å². The van der Waals surface area contributed by atoms with Crippen LogP contribution >= 0.6 is 0 Å². The highest BCUT2D eigenvalue weighted by Crippen LogP contribution is 2.33. The number of nitrogens with one attached hydrogen (secondary N) is 1. The van der Waals surface area contributed by atoms with E-state index in [0.29, 0.717) is 19.3 Å². The molecule has 0 spiro atoms. The summed E-state index contributed by atoms with van der Waals surface area (Å²) in [6, 6.07) is 41.7. The van der Waals surface area contributed by atoms with Crippen molar-refractivity contribution in [1.82, 2.24) is 5.32 Å². The Hall–Kier alpha value is -5.88. The van der Waals surface area contributed by atoms with Crippen LogP contribution in [-0.2, 0) is 83.4 Å². The highest BCUT2D eigenvalue weighted by Gasteiger charge is 2.19. The van der Waals surface area contributed by atoms with Gasteiger partial charge in [0.15, 0.2) is 0 Å². The van der Waals surface area contributed by atoms with E-state index >= 15 is 0 Å². The lowest BCUT2D eigenvalue weighted by atomic mass is 9.80. The zero-order valence-electron chi connectivity index (χ0n) is 60.0. The van der Waals surface area contributed by atoms with E-state index in [9.17, 15) is 19.2 Å². The normalized spacial score (nSPS) is 17.9. The Morgan fingerprint density at radius 2 is 0.611 bits per heavy atom. The molecule has 0 aliphatic heterocycles. The van der Waals surface area contributed by atoms with Crippen molar-refractivity contribution in [2.45, 2.75) is 271 Å². The van der Waals surface area contributed by atoms with Crippen LogP contribution in [0.1, 0.15) is 262 Å². The van der Waals surface area contributed by atoms with E-state index in [4.69, 9.17) is 5.73 Å². The molecule has 0 saturated heterocycles. The van der Waals surface area contributed by atoms with E-state index in [1.165, 1.54) is 149 Å². The Morgan fingerprint density at radius 1 is 0.356 bits per heavy atom. The van der Waals surface area contributed by atoms with Crippen LogP contribution in [0.4, 0.5) is 0 Å². The van der Waals surface area contributed by atoms with Gasteiger partial charge >= 0.3 is 0 Å². The fourth-order valence-electron chi connectivity index (χ4n) is 11.5. The molecule has 8 rings (SSSR count). The van der Waals surface area contributed by atoms with E-state index in [-0.39, 0.29) is 29.8 Å². The van der Waals surface area contributed by atoms with Gasteiger partial charge in [-0.1, -0.05) is 314 Å². The molecule has 3 aliphatic rings. The molecule has 6 heteroatoms. The van der Waals surface area contributed by atoms with Crippen molar-refractivity contribution in [3.8, 4) is 0 Å². The summed E-state index contributed by atoms with van der Waals surface area (Å²) < 4.78 is 0. The first kappa shape index (κ1) is 82.1. The molecule has 90 heavy (non-hydrogen) atoms. The highest BCUT2D eigenvalue weighted by molar-refractivity contribution is 5.85. The topological polar surface area (TPSA) is 106 Å². The highest BCUT2D eigenvalue weighted by atomic mass is 16.2. The summed E-state index contributed by atoms with van der Waals surface area (Å²) in [5.41, 5.74) is 18.8. The quantitative estimate of drug-likeness (QED) is 0.0807. The molecular formula is C84H130N2O4. The number of carbonyl (C=O) groups is 4. The third-order valence-corrected chi connectivity index (χ3v) is 18.3. The minimum Gasteiger partial charge on any atom is -0.402 e. The number of rotatable bonds is 20. The molecule has 0 radical (unpaired) electrons. The van der Waals surface area contributed by atoms with Crippen molar-refractivity contribution in [2.24, 2.45) is 41.2 Å². The molecule has 3 N–H and O–H groups in total. The fourth-order valence-corrected chi connectivity index (χ4v) is 11.5. The second-order valence-corrected chi connectivity index (χ2v) is 26.2. The summed E-state index contributed by atoms with van der Waals surface area (Å²) in [6.45, 7) is 35.4. The second kappa shape index (κ2) is 50.7. The number of amides is 1. The zero-order valence-corrected chi connectivity index (χ0v) is 60.0. The molecule has 0 aromatic heterocycles. The van der Waals surface area contributed by atoms with E-state index in [2.05, 4.69) is 168 Å². The van der Waals surface area contributed by atoms with Gasteiger partial charge in [-0.15, -0.1) is 0 Å². The lowest BCUT2D eigenvalue weighted by molar-refractivity contribution is -0.124. The predicted octanol–water partition coefficient (Wildman–Crippen LogP) is 21.4. The van der Waals surface area contributed by atoms with Gasteiger partial charge in [0, 0.05) is 25.0 Å². The van der Waals surface area contributed by atoms with E-state index < -0.39 is 0 Å². The molecule has 0 atom stereocenters. The van der Waals surface area contributed by atoms with Gasteiger partial charge in [0.2, 0.25) is 5.91 Å². The fraction of sp³-hybridized carbons (Fsp3) is 0.571. The summed E-state index contributed by atoms with van der Waals surface area (Å²) in [4.78, 5) is 43.7.